The fourth-order valence-electron chi connectivity index (χ4n) is 3.14. The van der Waals surface area contributed by atoms with Crippen molar-refractivity contribution >= 4 is 17.9 Å². The van der Waals surface area contributed by atoms with E-state index in [0.29, 0.717) is 0 Å². The molecule has 3 aromatic rings. The fourth-order valence-corrected chi connectivity index (χ4v) is 3.14. The van der Waals surface area contributed by atoms with Gasteiger partial charge in [-0.15, -0.1) is 0 Å². The van der Waals surface area contributed by atoms with E-state index < -0.39 is 0 Å². The van der Waals surface area contributed by atoms with Crippen LogP contribution in [0, 0.1) is 0 Å². The van der Waals surface area contributed by atoms with Crippen LogP contribution in [0.3, 0.4) is 0 Å². The number of unbranched alkanes of at least 4 members (excludes halogenated alkanes) is 1. The van der Waals surface area contributed by atoms with Gasteiger partial charge in [-0.2, -0.15) is 0 Å². The highest BCUT2D eigenvalue weighted by Crippen LogP contribution is 2.13. The molecule has 0 saturated heterocycles. The second-order valence-corrected chi connectivity index (χ2v) is 6.96. The van der Waals surface area contributed by atoms with Gasteiger partial charge in [-0.05, 0) is 54.0 Å². The van der Waals surface area contributed by atoms with E-state index in [1.54, 1.807) is 6.08 Å². The lowest BCUT2D eigenvalue weighted by molar-refractivity contribution is 0.104. The van der Waals surface area contributed by atoms with Crippen molar-refractivity contribution in [2.75, 3.05) is 0 Å². The molecule has 0 amide bonds. The van der Waals surface area contributed by atoms with Crippen LogP contribution < -0.4 is 0 Å². The molecule has 0 radical (unpaired) electrons. The molecule has 0 aliphatic heterocycles. The van der Waals surface area contributed by atoms with Gasteiger partial charge in [-0.25, -0.2) is 0 Å². The molecule has 0 aliphatic carbocycles. The van der Waals surface area contributed by atoms with Gasteiger partial charge in [0, 0.05) is 5.56 Å². The molecule has 0 saturated carbocycles. The Bertz CT molecular complexity index is 916. The maximum Gasteiger partial charge on any atom is 0.185 e. The second-order valence-electron chi connectivity index (χ2n) is 6.96. The van der Waals surface area contributed by atoms with Gasteiger partial charge in [-0.1, -0.05) is 97.6 Å². The summed E-state index contributed by atoms with van der Waals surface area (Å²) >= 11 is 0. The average molecular weight is 367 g/mol. The average Bonchev–Trinajstić information content (AvgIpc) is 2.77. The number of ketones is 1. The molecule has 0 aromatic heterocycles. The van der Waals surface area contributed by atoms with Gasteiger partial charge in [-0.3, -0.25) is 4.79 Å². The summed E-state index contributed by atoms with van der Waals surface area (Å²) in [5.41, 5.74) is 5.66. The van der Waals surface area contributed by atoms with Gasteiger partial charge >= 0.3 is 0 Å². The minimum atomic E-state index is 0.0331. The van der Waals surface area contributed by atoms with Gasteiger partial charge in [0.15, 0.2) is 5.78 Å². The van der Waals surface area contributed by atoms with Crippen molar-refractivity contribution in [1.82, 2.24) is 0 Å². The lowest BCUT2D eigenvalue weighted by atomic mass is 10.0. The SMILES string of the molecule is C=Cc1ccc(CCCCc2ccc(/C=C/C(=O)c3ccccc3)cc2)cc1. The van der Waals surface area contributed by atoms with Crippen LogP contribution in [0.1, 0.15) is 45.5 Å². The number of hydrogen-bond donors (Lipinski definition) is 0. The zero-order chi connectivity index (χ0) is 19.6. The maximum atomic E-state index is 12.1. The fraction of sp³-hybridized carbons (Fsp3) is 0.148. The van der Waals surface area contributed by atoms with Crippen molar-refractivity contribution in [3.05, 3.63) is 119 Å². The molecular weight excluding hydrogens is 340 g/mol. The first-order valence-electron chi connectivity index (χ1n) is 9.82. The van der Waals surface area contributed by atoms with Crippen LogP contribution in [0.15, 0.2) is 91.5 Å². The lowest BCUT2D eigenvalue weighted by Gasteiger charge is -2.04. The summed E-state index contributed by atoms with van der Waals surface area (Å²) in [5, 5.41) is 0. The molecule has 0 bridgehead atoms. The van der Waals surface area contributed by atoms with Crippen LogP contribution in [0.25, 0.3) is 12.2 Å². The Labute approximate surface area is 168 Å². The van der Waals surface area contributed by atoms with E-state index in [1.807, 2.05) is 42.5 Å². The van der Waals surface area contributed by atoms with Crippen LogP contribution in [-0.4, -0.2) is 5.78 Å². The number of hydrogen-bond acceptors (Lipinski definition) is 1. The third-order valence-corrected chi connectivity index (χ3v) is 4.86. The molecule has 0 N–H and O–H groups in total. The van der Waals surface area contributed by atoms with Gasteiger partial charge in [0.25, 0.3) is 0 Å². The molecule has 0 fully saturated rings. The molecule has 3 rings (SSSR count). The molecule has 140 valence electrons. The third kappa shape index (κ3) is 5.92. The molecule has 0 heterocycles. The molecule has 0 aliphatic rings. The summed E-state index contributed by atoms with van der Waals surface area (Å²) < 4.78 is 0. The Morgan fingerprint density at radius 3 is 1.79 bits per heavy atom. The van der Waals surface area contributed by atoms with E-state index >= 15 is 0 Å². The summed E-state index contributed by atoms with van der Waals surface area (Å²) in [4.78, 5) is 12.1. The normalized spacial score (nSPS) is 10.9. The molecule has 1 nitrogen and oxygen atoms in total. The van der Waals surface area contributed by atoms with E-state index in [0.717, 1.165) is 24.0 Å². The zero-order valence-electron chi connectivity index (χ0n) is 16.2. The molecule has 3 aromatic carbocycles. The van der Waals surface area contributed by atoms with Crippen LogP contribution in [0.2, 0.25) is 0 Å². The van der Waals surface area contributed by atoms with Gasteiger partial charge < -0.3 is 0 Å². The van der Waals surface area contributed by atoms with Crippen molar-refractivity contribution in [2.24, 2.45) is 0 Å². The van der Waals surface area contributed by atoms with Gasteiger partial charge in [0.05, 0.1) is 0 Å². The minimum Gasteiger partial charge on any atom is -0.289 e. The van der Waals surface area contributed by atoms with E-state index in [-0.39, 0.29) is 5.78 Å². The maximum absolute atomic E-state index is 12.1. The van der Waals surface area contributed by atoms with Crippen molar-refractivity contribution < 1.29 is 4.79 Å². The van der Waals surface area contributed by atoms with E-state index in [9.17, 15) is 4.79 Å². The Morgan fingerprint density at radius 1 is 0.714 bits per heavy atom. The third-order valence-electron chi connectivity index (χ3n) is 4.86. The largest absolute Gasteiger partial charge is 0.289 e. The number of carbonyl (C=O) groups is 1. The number of allylic oxidation sites excluding steroid dienone is 1. The standard InChI is InChI=1S/C27H26O/c1-2-22-12-14-23(15-13-22)8-6-7-9-24-16-18-25(19-17-24)20-21-27(28)26-10-4-3-5-11-26/h2-5,10-21H,1,6-9H2/b21-20+. The Morgan fingerprint density at radius 2 is 1.25 bits per heavy atom. The first kappa shape index (κ1) is 19.6. The summed E-state index contributed by atoms with van der Waals surface area (Å²) in [5.74, 6) is 0.0331. The lowest BCUT2D eigenvalue weighted by Crippen LogP contribution is -1.93. The highest BCUT2D eigenvalue weighted by molar-refractivity contribution is 6.06. The van der Waals surface area contributed by atoms with Crippen LogP contribution in [0.4, 0.5) is 0 Å². The first-order valence-corrected chi connectivity index (χ1v) is 9.82. The van der Waals surface area contributed by atoms with Crippen molar-refractivity contribution in [3.63, 3.8) is 0 Å². The summed E-state index contributed by atoms with van der Waals surface area (Å²) in [6.45, 7) is 3.79. The summed E-state index contributed by atoms with van der Waals surface area (Å²) in [6.07, 6.45) is 9.94. The van der Waals surface area contributed by atoms with E-state index in [4.69, 9.17) is 0 Å². The topological polar surface area (TPSA) is 17.1 Å². The first-order chi connectivity index (χ1) is 13.7. The minimum absolute atomic E-state index is 0.0331. The van der Waals surface area contributed by atoms with Gasteiger partial charge in [0.1, 0.15) is 0 Å². The summed E-state index contributed by atoms with van der Waals surface area (Å²) in [6, 6.07) is 26.5. The molecule has 0 atom stereocenters. The predicted octanol–water partition coefficient (Wildman–Crippen LogP) is 6.79. The quantitative estimate of drug-likeness (QED) is 0.231. The second kappa shape index (κ2) is 10.2. The molecule has 28 heavy (non-hydrogen) atoms. The molecule has 0 unspecified atom stereocenters. The van der Waals surface area contributed by atoms with Crippen molar-refractivity contribution in [1.29, 1.82) is 0 Å². The number of rotatable bonds is 9. The Hall–Kier alpha value is -3.19. The van der Waals surface area contributed by atoms with Crippen LogP contribution >= 0.6 is 0 Å². The smallest absolute Gasteiger partial charge is 0.185 e. The molecule has 1 heteroatoms. The Kier molecular flexibility index (Phi) is 7.14. The highest BCUT2D eigenvalue weighted by atomic mass is 16.1. The van der Waals surface area contributed by atoms with Gasteiger partial charge in [0.2, 0.25) is 0 Å². The monoisotopic (exact) mass is 366 g/mol. The highest BCUT2D eigenvalue weighted by Gasteiger charge is 2.00. The zero-order valence-corrected chi connectivity index (χ0v) is 16.2. The van der Waals surface area contributed by atoms with E-state index in [1.165, 1.54) is 29.5 Å². The van der Waals surface area contributed by atoms with Crippen LogP contribution in [-0.2, 0) is 12.8 Å². The van der Waals surface area contributed by atoms with Crippen LogP contribution in [0.5, 0.6) is 0 Å². The molecular formula is C27H26O. The predicted molar refractivity (Wildman–Crippen MR) is 119 cm³/mol. The number of benzene rings is 3. The van der Waals surface area contributed by atoms with Crippen molar-refractivity contribution in [3.8, 4) is 0 Å². The van der Waals surface area contributed by atoms with Crippen molar-refractivity contribution in [2.45, 2.75) is 25.7 Å². The number of aryl methyl sites for hydroxylation is 2. The molecule has 0 spiro atoms. The summed E-state index contributed by atoms with van der Waals surface area (Å²) in [7, 11) is 0. The Balaban J connectivity index is 1.44. The van der Waals surface area contributed by atoms with E-state index in [2.05, 4.69) is 55.1 Å². The number of carbonyl (C=O) groups excluding carboxylic acids is 1.